The van der Waals surface area contributed by atoms with E-state index in [0.29, 0.717) is 0 Å². The van der Waals surface area contributed by atoms with Gasteiger partial charge in [0.25, 0.3) is 0 Å². The molecule has 0 bridgehead atoms. The van der Waals surface area contributed by atoms with Crippen LogP contribution >= 0.6 is 0 Å². The molecule has 0 amide bonds. The summed E-state index contributed by atoms with van der Waals surface area (Å²) in [6.07, 6.45) is 5.65. The average Bonchev–Trinajstić information content (AvgIpc) is 2.21. The van der Waals surface area contributed by atoms with Crippen molar-refractivity contribution in [2.24, 2.45) is 29.6 Å². The minimum Gasteiger partial charge on any atom is -0.0628 e. The summed E-state index contributed by atoms with van der Waals surface area (Å²) >= 11 is 0. The molecule has 0 aromatic carbocycles. The Morgan fingerprint density at radius 1 is 0.625 bits per heavy atom. The summed E-state index contributed by atoms with van der Waals surface area (Å²) in [7, 11) is 0. The molecule has 0 aliphatic heterocycles. The molecule has 0 aliphatic rings. The molecule has 0 fully saturated rings. The summed E-state index contributed by atoms with van der Waals surface area (Å²) in [6, 6.07) is 0. The molecule has 0 aromatic rings. The van der Waals surface area contributed by atoms with Gasteiger partial charge >= 0.3 is 0 Å². The zero-order chi connectivity index (χ0) is 12.7. The zero-order valence-electron chi connectivity index (χ0n) is 12.7. The molecular weight excluding hydrogens is 192 g/mol. The van der Waals surface area contributed by atoms with Crippen LogP contribution in [0.15, 0.2) is 0 Å². The molecule has 0 rings (SSSR count). The summed E-state index contributed by atoms with van der Waals surface area (Å²) in [5, 5.41) is 0. The van der Waals surface area contributed by atoms with Crippen LogP contribution in [-0.2, 0) is 0 Å². The van der Waals surface area contributed by atoms with Gasteiger partial charge in [-0.1, -0.05) is 74.1 Å². The Bertz CT molecular complexity index is 157. The quantitative estimate of drug-likeness (QED) is 0.493. The van der Waals surface area contributed by atoms with Crippen LogP contribution in [0.2, 0.25) is 0 Å². The van der Waals surface area contributed by atoms with Crippen molar-refractivity contribution in [2.75, 3.05) is 0 Å². The van der Waals surface area contributed by atoms with Gasteiger partial charge in [0.15, 0.2) is 0 Å². The van der Waals surface area contributed by atoms with Crippen molar-refractivity contribution >= 4 is 0 Å². The van der Waals surface area contributed by atoms with E-state index in [4.69, 9.17) is 0 Å². The molecule has 0 heterocycles. The van der Waals surface area contributed by atoms with Gasteiger partial charge in [-0.05, 0) is 29.6 Å². The monoisotopic (exact) mass is 226 g/mol. The van der Waals surface area contributed by atoms with Crippen LogP contribution < -0.4 is 0 Å². The van der Waals surface area contributed by atoms with Crippen molar-refractivity contribution in [2.45, 2.75) is 74.1 Å². The van der Waals surface area contributed by atoms with Gasteiger partial charge in [-0.25, -0.2) is 0 Å². The minimum atomic E-state index is 0.834. The van der Waals surface area contributed by atoms with Crippen molar-refractivity contribution in [3.8, 4) is 0 Å². The standard InChI is InChI=1S/C16H34/c1-12(2)8-9-14(5)10-11-15(6)16(7)13(3)4/h12-16H,8-11H2,1-7H3. The predicted octanol–water partition coefficient (Wildman–Crippen LogP) is 5.77. The first kappa shape index (κ1) is 16.0. The van der Waals surface area contributed by atoms with Gasteiger partial charge in [-0.15, -0.1) is 0 Å². The highest BCUT2D eigenvalue weighted by atomic mass is 14.2. The van der Waals surface area contributed by atoms with Crippen molar-refractivity contribution in [3.63, 3.8) is 0 Å². The number of hydrogen-bond donors (Lipinski definition) is 0. The zero-order valence-corrected chi connectivity index (χ0v) is 12.7. The van der Waals surface area contributed by atoms with E-state index in [2.05, 4.69) is 48.5 Å². The normalized spacial score (nSPS) is 17.8. The molecule has 98 valence electrons. The van der Waals surface area contributed by atoms with Crippen LogP contribution in [0.3, 0.4) is 0 Å². The molecule has 0 heteroatoms. The third-order valence-electron chi connectivity index (χ3n) is 4.30. The smallest absolute Gasteiger partial charge is 0.0394 e. The maximum Gasteiger partial charge on any atom is -0.0394 e. The van der Waals surface area contributed by atoms with E-state index < -0.39 is 0 Å². The van der Waals surface area contributed by atoms with E-state index >= 15 is 0 Å². The predicted molar refractivity (Wildman–Crippen MR) is 75.6 cm³/mol. The Kier molecular flexibility index (Phi) is 8.14. The van der Waals surface area contributed by atoms with E-state index in [1.54, 1.807) is 0 Å². The molecule has 3 unspecified atom stereocenters. The first-order valence-electron chi connectivity index (χ1n) is 7.34. The summed E-state index contributed by atoms with van der Waals surface area (Å²) in [5.41, 5.74) is 0. The highest BCUT2D eigenvalue weighted by Crippen LogP contribution is 2.27. The fraction of sp³-hybridized carbons (Fsp3) is 1.00. The maximum absolute atomic E-state index is 2.43. The molecule has 0 aliphatic carbocycles. The van der Waals surface area contributed by atoms with Gasteiger partial charge in [0.05, 0.1) is 0 Å². The molecule has 16 heavy (non-hydrogen) atoms. The topological polar surface area (TPSA) is 0 Å². The van der Waals surface area contributed by atoms with Gasteiger partial charge in [0.1, 0.15) is 0 Å². The van der Waals surface area contributed by atoms with Gasteiger partial charge < -0.3 is 0 Å². The van der Waals surface area contributed by atoms with Crippen LogP contribution in [0.5, 0.6) is 0 Å². The Balaban J connectivity index is 3.70. The molecule has 0 N–H and O–H groups in total. The van der Waals surface area contributed by atoms with E-state index in [1.165, 1.54) is 25.7 Å². The summed E-state index contributed by atoms with van der Waals surface area (Å²) in [6.45, 7) is 16.6. The summed E-state index contributed by atoms with van der Waals surface area (Å²) in [4.78, 5) is 0. The second-order valence-corrected chi connectivity index (χ2v) is 6.73. The highest BCUT2D eigenvalue weighted by Gasteiger charge is 2.16. The van der Waals surface area contributed by atoms with Crippen LogP contribution in [0.4, 0.5) is 0 Å². The lowest BCUT2D eigenvalue weighted by atomic mass is 9.81. The van der Waals surface area contributed by atoms with E-state index in [-0.39, 0.29) is 0 Å². The first-order chi connectivity index (χ1) is 7.34. The third kappa shape index (κ3) is 7.30. The highest BCUT2D eigenvalue weighted by molar-refractivity contribution is 4.67. The summed E-state index contributed by atoms with van der Waals surface area (Å²) in [5.74, 6) is 4.39. The van der Waals surface area contributed by atoms with E-state index in [9.17, 15) is 0 Å². The Hall–Kier alpha value is 0. The Labute approximate surface area is 104 Å². The second kappa shape index (κ2) is 8.14. The fourth-order valence-electron chi connectivity index (χ4n) is 2.23. The molecular formula is C16H34. The van der Waals surface area contributed by atoms with Crippen LogP contribution in [0.1, 0.15) is 74.1 Å². The lowest BCUT2D eigenvalue weighted by Gasteiger charge is -2.24. The minimum absolute atomic E-state index is 0.834. The molecule has 0 spiro atoms. The third-order valence-corrected chi connectivity index (χ3v) is 4.30. The van der Waals surface area contributed by atoms with Gasteiger partial charge in [-0.2, -0.15) is 0 Å². The van der Waals surface area contributed by atoms with Gasteiger partial charge in [0, 0.05) is 0 Å². The van der Waals surface area contributed by atoms with Gasteiger partial charge in [0.2, 0.25) is 0 Å². The maximum atomic E-state index is 2.43. The van der Waals surface area contributed by atoms with Crippen LogP contribution in [0.25, 0.3) is 0 Å². The molecule has 0 nitrogen and oxygen atoms in total. The van der Waals surface area contributed by atoms with Crippen LogP contribution in [0, 0.1) is 29.6 Å². The molecule has 3 atom stereocenters. The Morgan fingerprint density at radius 2 is 1.12 bits per heavy atom. The van der Waals surface area contributed by atoms with Crippen molar-refractivity contribution in [1.82, 2.24) is 0 Å². The van der Waals surface area contributed by atoms with Gasteiger partial charge in [-0.3, -0.25) is 0 Å². The van der Waals surface area contributed by atoms with Crippen molar-refractivity contribution in [1.29, 1.82) is 0 Å². The fourth-order valence-corrected chi connectivity index (χ4v) is 2.23. The van der Waals surface area contributed by atoms with Crippen LogP contribution in [-0.4, -0.2) is 0 Å². The lowest BCUT2D eigenvalue weighted by Crippen LogP contribution is -2.15. The number of rotatable bonds is 8. The first-order valence-corrected chi connectivity index (χ1v) is 7.34. The van der Waals surface area contributed by atoms with Crippen molar-refractivity contribution in [3.05, 3.63) is 0 Å². The molecule has 0 saturated heterocycles. The summed E-state index contributed by atoms with van der Waals surface area (Å²) < 4.78 is 0. The largest absolute Gasteiger partial charge is 0.0628 e. The van der Waals surface area contributed by atoms with Crippen molar-refractivity contribution < 1.29 is 0 Å². The molecule has 0 radical (unpaired) electrons. The van der Waals surface area contributed by atoms with E-state index in [1.807, 2.05) is 0 Å². The molecule has 0 saturated carbocycles. The number of hydrogen-bond acceptors (Lipinski definition) is 0. The average molecular weight is 226 g/mol. The Morgan fingerprint density at radius 3 is 1.56 bits per heavy atom. The molecule has 0 aromatic heterocycles. The second-order valence-electron chi connectivity index (χ2n) is 6.73. The lowest BCUT2D eigenvalue weighted by molar-refractivity contribution is 0.261. The SMILES string of the molecule is CC(C)CCC(C)CCC(C)C(C)C(C)C. The van der Waals surface area contributed by atoms with E-state index in [0.717, 1.165) is 29.6 Å².